The highest BCUT2D eigenvalue weighted by atomic mass is 35.5. The van der Waals surface area contributed by atoms with Gasteiger partial charge in [-0.2, -0.15) is 0 Å². The number of carbonyl (C=O) groups excluding carboxylic acids is 2. The van der Waals surface area contributed by atoms with Crippen LogP contribution in [0.25, 0.3) is 0 Å². The number of methoxy groups -OCH3 is 1. The van der Waals surface area contributed by atoms with Crippen LogP contribution in [-0.2, 0) is 4.74 Å². The number of esters is 1. The number of halogens is 2. The number of benzene rings is 1. The normalized spacial score (nSPS) is 10.2. The van der Waals surface area contributed by atoms with Gasteiger partial charge in [0.2, 0.25) is 9.47 Å². The highest BCUT2D eigenvalue weighted by Crippen LogP contribution is 2.21. The van der Waals surface area contributed by atoms with Crippen LogP contribution in [0, 0.1) is 5.82 Å². The van der Waals surface area contributed by atoms with Gasteiger partial charge in [0.1, 0.15) is 5.82 Å². The summed E-state index contributed by atoms with van der Waals surface area (Å²) in [4.78, 5) is 23.4. The van der Waals surface area contributed by atoms with Crippen LogP contribution in [0.5, 0.6) is 0 Å². The van der Waals surface area contributed by atoms with Crippen molar-refractivity contribution in [1.82, 2.24) is 10.2 Å². The summed E-state index contributed by atoms with van der Waals surface area (Å²) in [6.07, 6.45) is 0. The molecule has 20 heavy (non-hydrogen) atoms. The summed E-state index contributed by atoms with van der Waals surface area (Å²) in [7, 11) is 1.18. The standard InChI is InChI=1S/C11H7ClFN3O3S/c1-19-10(18)6-3-2-5(13)4-7(6)14-8(17)9-15-16-11(12)20-9/h2-4H,1H3,(H,14,17). The van der Waals surface area contributed by atoms with Crippen LogP contribution in [0.2, 0.25) is 4.47 Å². The largest absolute Gasteiger partial charge is 0.465 e. The van der Waals surface area contributed by atoms with Gasteiger partial charge in [0.15, 0.2) is 0 Å². The smallest absolute Gasteiger partial charge is 0.339 e. The van der Waals surface area contributed by atoms with Gasteiger partial charge in [0.05, 0.1) is 18.4 Å². The number of amides is 1. The summed E-state index contributed by atoms with van der Waals surface area (Å²) >= 11 is 6.43. The van der Waals surface area contributed by atoms with Crippen molar-refractivity contribution in [2.75, 3.05) is 12.4 Å². The van der Waals surface area contributed by atoms with Gasteiger partial charge in [0, 0.05) is 0 Å². The lowest BCUT2D eigenvalue weighted by Gasteiger charge is -2.08. The topological polar surface area (TPSA) is 81.2 Å². The number of anilines is 1. The third-order valence-corrected chi connectivity index (χ3v) is 3.25. The van der Waals surface area contributed by atoms with Gasteiger partial charge in [-0.3, -0.25) is 4.79 Å². The van der Waals surface area contributed by atoms with Crippen molar-refractivity contribution in [2.24, 2.45) is 0 Å². The molecular formula is C11H7ClFN3O3S. The number of hydrogen-bond donors (Lipinski definition) is 1. The fourth-order valence-electron chi connectivity index (χ4n) is 1.38. The van der Waals surface area contributed by atoms with E-state index in [0.717, 1.165) is 23.5 Å². The zero-order chi connectivity index (χ0) is 14.7. The average molecular weight is 316 g/mol. The number of nitrogens with one attached hydrogen (secondary N) is 1. The molecule has 0 atom stereocenters. The Morgan fingerprint density at radius 1 is 1.40 bits per heavy atom. The lowest BCUT2D eigenvalue weighted by molar-refractivity contribution is 0.0602. The van der Waals surface area contributed by atoms with Gasteiger partial charge in [0.25, 0.3) is 5.91 Å². The SMILES string of the molecule is COC(=O)c1ccc(F)cc1NC(=O)c1nnc(Cl)s1. The molecule has 0 unspecified atom stereocenters. The van der Waals surface area contributed by atoms with Gasteiger partial charge in [-0.15, -0.1) is 10.2 Å². The quantitative estimate of drug-likeness (QED) is 0.879. The second-order valence-corrected chi connectivity index (χ2v) is 5.06. The van der Waals surface area contributed by atoms with E-state index in [9.17, 15) is 14.0 Å². The summed E-state index contributed by atoms with van der Waals surface area (Å²) in [5.74, 6) is -1.95. The van der Waals surface area contributed by atoms with Gasteiger partial charge < -0.3 is 10.1 Å². The lowest BCUT2D eigenvalue weighted by Crippen LogP contribution is -2.15. The first kappa shape index (κ1) is 14.4. The molecule has 0 aliphatic heterocycles. The fourth-order valence-corrected chi connectivity index (χ4v) is 2.10. The van der Waals surface area contributed by atoms with E-state index in [1.165, 1.54) is 13.2 Å². The van der Waals surface area contributed by atoms with Gasteiger partial charge in [-0.1, -0.05) is 11.3 Å². The number of ether oxygens (including phenoxy) is 1. The lowest BCUT2D eigenvalue weighted by atomic mass is 10.1. The molecule has 104 valence electrons. The number of hydrogen-bond acceptors (Lipinski definition) is 6. The van der Waals surface area contributed by atoms with E-state index in [0.29, 0.717) is 0 Å². The summed E-state index contributed by atoms with van der Waals surface area (Å²) in [5.41, 5.74) is 0.00559. The molecule has 1 amide bonds. The summed E-state index contributed by atoms with van der Waals surface area (Å²) < 4.78 is 17.9. The molecular weight excluding hydrogens is 309 g/mol. The highest BCUT2D eigenvalue weighted by Gasteiger charge is 2.18. The van der Waals surface area contributed by atoms with Crippen LogP contribution >= 0.6 is 22.9 Å². The van der Waals surface area contributed by atoms with E-state index in [-0.39, 0.29) is 20.7 Å². The molecule has 0 aliphatic rings. The molecule has 1 N–H and O–H groups in total. The van der Waals surface area contributed by atoms with Crippen molar-refractivity contribution < 1.29 is 18.7 Å². The zero-order valence-corrected chi connectivity index (χ0v) is 11.6. The first-order valence-corrected chi connectivity index (χ1v) is 6.39. The molecule has 0 bridgehead atoms. The van der Waals surface area contributed by atoms with Gasteiger partial charge in [-0.25, -0.2) is 9.18 Å². The average Bonchev–Trinajstić information content (AvgIpc) is 2.85. The Morgan fingerprint density at radius 3 is 2.75 bits per heavy atom. The van der Waals surface area contributed by atoms with E-state index < -0.39 is 17.7 Å². The molecule has 0 aliphatic carbocycles. The third-order valence-electron chi connectivity index (χ3n) is 2.23. The Hall–Kier alpha value is -2.06. The van der Waals surface area contributed by atoms with Crippen molar-refractivity contribution in [3.8, 4) is 0 Å². The molecule has 1 aromatic heterocycles. The highest BCUT2D eigenvalue weighted by molar-refractivity contribution is 7.17. The predicted molar refractivity (Wildman–Crippen MR) is 70.6 cm³/mol. The summed E-state index contributed by atoms with van der Waals surface area (Å²) in [6.45, 7) is 0. The second kappa shape index (κ2) is 5.93. The Bertz CT molecular complexity index is 677. The summed E-state index contributed by atoms with van der Waals surface area (Å²) in [5, 5.41) is 9.38. The Labute approximate surface area is 121 Å². The molecule has 1 heterocycles. The molecule has 6 nitrogen and oxygen atoms in total. The summed E-state index contributed by atoms with van der Waals surface area (Å²) in [6, 6.07) is 3.31. The monoisotopic (exact) mass is 315 g/mol. The van der Waals surface area contributed by atoms with Crippen molar-refractivity contribution >= 4 is 40.5 Å². The van der Waals surface area contributed by atoms with Crippen LogP contribution < -0.4 is 5.32 Å². The van der Waals surface area contributed by atoms with E-state index in [2.05, 4.69) is 20.3 Å². The van der Waals surface area contributed by atoms with Crippen molar-refractivity contribution in [2.45, 2.75) is 0 Å². The molecule has 0 spiro atoms. The van der Waals surface area contributed by atoms with E-state index in [4.69, 9.17) is 11.6 Å². The molecule has 0 radical (unpaired) electrons. The Kier molecular flexibility index (Phi) is 4.26. The van der Waals surface area contributed by atoms with Crippen molar-refractivity contribution in [1.29, 1.82) is 0 Å². The Balaban J connectivity index is 2.30. The number of aromatic nitrogens is 2. The molecule has 0 fully saturated rings. The van der Waals surface area contributed by atoms with Crippen LogP contribution in [-0.4, -0.2) is 29.2 Å². The van der Waals surface area contributed by atoms with Gasteiger partial charge >= 0.3 is 5.97 Å². The van der Waals surface area contributed by atoms with Crippen molar-refractivity contribution in [3.63, 3.8) is 0 Å². The predicted octanol–water partition coefficient (Wildman–Crippen LogP) is 2.37. The minimum Gasteiger partial charge on any atom is -0.465 e. The van der Waals surface area contributed by atoms with Crippen molar-refractivity contribution in [3.05, 3.63) is 39.1 Å². The van der Waals surface area contributed by atoms with Crippen LogP contribution in [0.3, 0.4) is 0 Å². The second-order valence-electron chi connectivity index (χ2n) is 3.50. The van der Waals surface area contributed by atoms with E-state index >= 15 is 0 Å². The maximum Gasteiger partial charge on any atom is 0.339 e. The zero-order valence-electron chi connectivity index (χ0n) is 10.0. The minimum absolute atomic E-state index is 0.00456. The maximum absolute atomic E-state index is 13.2. The molecule has 0 saturated carbocycles. The molecule has 2 aromatic rings. The first-order valence-electron chi connectivity index (χ1n) is 5.19. The first-order chi connectivity index (χ1) is 9.51. The molecule has 2 rings (SSSR count). The van der Waals surface area contributed by atoms with E-state index in [1.807, 2.05) is 0 Å². The van der Waals surface area contributed by atoms with Crippen LogP contribution in [0.15, 0.2) is 18.2 Å². The maximum atomic E-state index is 13.2. The number of nitrogens with zero attached hydrogens (tertiary/aromatic N) is 2. The van der Waals surface area contributed by atoms with Crippen LogP contribution in [0.1, 0.15) is 20.2 Å². The fraction of sp³-hybridized carbons (Fsp3) is 0.0909. The van der Waals surface area contributed by atoms with Gasteiger partial charge in [-0.05, 0) is 29.8 Å². The third kappa shape index (κ3) is 3.09. The molecule has 0 saturated heterocycles. The minimum atomic E-state index is -0.699. The van der Waals surface area contributed by atoms with Crippen LogP contribution in [0.4, 0.5) is 10.1 Å². The number of carbonyl (C=O) groups is 2. The molecule has 9 heteroatoms. The number of rotatable bonds is 3. The van der Waals surface area contributed by atoms with E-state index in [1.54, 1.807) is 0 Å². The Morgan fingerprint density at radius 2 is 2.15 bits per heavy atom. The molecule has 1 aromatic carbocycles.